The Morgan fingerprint density at radius 3 is 2.46 bits per heavy atom. The SMILES string of the molecule is COc1cc2cc(F)ccc2c(O[C@@H]2C[C@H]3C(=O)N[C@]4(C(=O)NS(=O)(=O)C5(CF)CC5)CC4/C=C\CC[C@@H](C)C[C@@H](C)[C@H](NC(=O)OC(C)(C)C(F)(F)F)C(=O)N3C2)n1. The van der Waals surface area contributed by atoms with Crippen LogP contribution >= 0.6 is 0 Å². The van der Waals surface area contributed by atoms with Gasteiger partial charge in [0.1, 0.15) is 41.0 Å². The number of benzene rings is 1. The average Bonchev–Trinajstić information content (AvgIpc) is 4.05. The van der Waals surface area contributed by atoms with E-state index in [9.17, 15) is 49.5 Å². The first-order chi connectivity index (χ1) is 27.5. The molecule has 2 aromatic rings. The molecule has 2 aliphatic carbocycles. The van der Waals surface area contributed by atoms with Gasteiger partial charge in [-0.1, -0.05) is 26.0 Å². The predicted octanol–water partition coefficient (Wildman–Crippen LogP) is 5.00. The normalized spacial score (nSPS) is 29.2. The molecule has 0 radical (unpaired) electrons. The lowest BCUT2D eigenvalue weighted by Gasteiger charge is -2.34. The predicted molar refractivity (Wildman–Crippen MR) is 202 cm³/mol. The van der Waals surface area contributed by atoms with Crippen molar-refractivity contribution in [1.82, 2.24) is 25.2 Å². The van der Waals surface area contributed by atoms with Crippen molar-refractivity contribution in [2.75, 3.05) is 20.3 Å². The number of hydrogen-bond donors (Lipinski definition) is 3. The first kappa shape index (κ1) is 43.8. The van der Waals surface area contributed by atoms with Crippen LogP contribution in [0.5, 0.6) is 11.8 Å². The van der Waals surface area contributed by atoms with E-state index < -0.39 is 98.4 Å². The van der Waals surface area contributed by atoms with Gasteiger partial charge in [0.15, 0.2) is 0 Å². The first-order valence-electron chi connectivity index (χ1n) is 19.3. The third-order valence-corrected chi connectivity index (χ3v) is 13.9. The zero-order valence-corrected chi connectivity index (χ0v) is 34.0. The molecule has 2 aliphatic heterocycles. The summed E-state index contributed by atoms with van der Waals surface area (Å²) in [7, 11) is -3.15. The summed E-state index contributed by atoms with van der Waals surface area (Å²) >= 11 is 0. The monoisotopic (exact) mass is 857 g/mol. The van der Waals surface area contributed by atoms with E-state index in [1.165, 1.54) is 31.4 Å². The number of nitrogens with zero attached hydrogens (tertiary/aromatic N) is 2. The molecular weight excluding hydrogens is 810 g/mol. The van der Waals surface area contributed by atoms with Crippen LogP contribution < -0.4 is 24.8 Å². The Labute approximate surface area is 338 Å². The Balaban J connectivity index is 1.37. The van der Waals surface area contributed by atoms with E-state index in [4.69, 9.17) is 14.2 Å². The molecular formula is C39H48F5N5O9S. The topological polar surface area (TPSA) is 182 Å². The molecule has 4 amide bonds. The van der Waals surface area contributed by atoms with E-state index in [-0.39, 0.29) is 49.9 Å². The molecule has 7 atom stereocenters. The maximum Gasteiger partial charge on any atom is 0.427 e. The fraction of sp³-hybridized carbons (Fsp3) is 0.615. The fourth-order valence-corrected chi connectivity index (χ4v) is 9.15. The number of nitrogens with one attached hydrogen (secondary N) is 3. The number of amides is 4. The number of aromatic nitrogens is 1. The number of carbonyl (C=O) groups is 4. The quantitative estimate of drug-likeness (QED) is 0.229. The van der Waals surface area contributed by atoms with E-state index in [1.54, 1.807) is 19.1 Å². The summed E-state index contributed by atoms with van der Waals surface area (Å²) in [6.45, 7) is 3.28. The first-order valence-corrected chi connectivity index (χ1v) is 20.8. The standard InChI is InChI=1S/C39H48F5N5O9S/c1-21-8-6-7-9-24-18-38(24,34(52)48-59(54,55)37(20-40)12-13-37)47-31(50)28-17-26(57-32-27-11-10-25(41)15-23(27)16-29(45-32)56-5)19-49(28)33(51)30(22(2)14-21)46-35(53)58-36(3,4)39(42,43)44/h7,9-11,15-16,21-22,24,26,28,30H,6,8,12-14,17-20H2,1-5H3,(H,46,53)(H,47,50)(H,48,52)/b9-7-/t21-,22-,24?,26-,28+,30+,38-/m1/s1. The van der Waals surface area contributed by atoms with Crippen LogP contribution in [-0.4, -0.2) is 103 Å². The molecule has 3 N–H and O–H groups in total. The van der Waals surface area contributed by atoms with E-state index in [0.717, 1.165) is 4.90 Å². The smallest absolute Gasteiger partial charge is 0.427 e. The van der Waals surface area contributed by atoms with Crippen molar-refractivity contribution in [2.45, 2.75) is 113 Å². The number of fused-ring (bicyclic) bond motifs is 3. The molecule has 2 saturated carbocycles. The van der Waals surface area contributed by atoms with Gasteiger partial charge in [-0.15, -0.1) is 0 Å². The molecule has 14 nitrogen and oxygen atoms in total. The Hall–Kier alpha value is -4.75. The molecule has 3 fully saturated rings. The fourth-order valence-electron chi connectivity index (χ4n) is 7.72. The summed E-state index contributed by atoms with van der Waals surface area (Å²) in [6, 6.07) is 2.33. The van der Waals surface area contributed by atoms with E-state index in [0.29, 0.717) is 43.9 Å². The van der Waals surface area contributed by atoms with Gasteiger partial charge >= 0.3 is 12.3 Å². The minimum atomic E-state index is -4.95. The van der Waals surface area contributed by atoms with Crippen LogP contribution in [0.1, 0.15) is 72.6 Å². The Morgan fingerprint density at radius 1 is 1.10 bits per heavy atom. The number of halogens is 5. The zero-order chi connectivity index (χ0) is 43.3. The van der Waals surface area contributed by atoms with Gasteiger partial charge < -0.3 is 29.7 Å². The molecule has 3 heterocycles. The lowest BCUT2D eigenvalue weighted by Crippen LogP contribution is -2.60. The number of methoxy groups -OCH3 is 1. The van der Waals surface area contributed by atoms with Gasteiger partial charge in [-0.2, -0.15) is 18.2 Å². The maximum atomic E-state index is 14.7. The second-order valence-electron chi connectivity index (χ2n) is 16.7. The molecule has 1 saturated heterocycles. The highest BCUT2D eigenvalue weighted by molar-refractivity contribution is 7.91. The molecule has 324 valence electrons. The van der Waals surface area contributed by atoms with Crippen molar-refractivity contribution in [3.8, 4) is 11.8 Å². The summed E-state index contributed by atoms with van der Waals surface area (Å²) < 4.78 is 112. The molecule has 59 heavy (non-hydrogen) atoms. The number of alkyl carbamates (subject to hydrolysis) is 1. The third-order valence-electron chi connectivity index (χ3n) is 11.8. The van der Waals surface area contributed by atoms with Crippen LogP contribution in [0.4, 0.5) is 26.7 Å². The zero-order valence-electron chi connectivity index (χ0n) is 33.2. The summed E-state index contributed by atoms with van der Waals surface area (Å²) in [5, 5.41) is 5.72. The summed E-state index contributed by atoms with van der Waals surface area (Å²) in [5.41, 5.74) is -4.74. The highest BCUT2D eigenvalue weighted by Crippen LogP contribution is 2.48. The number of allylic oxidation sites excluding steroid dienone is 1. The highest BCUT2D eigenvalue weighted by Gasteiger charge is 2.64. The Bertz CT molecular complexity index is 2130. The van der Waals surface area contributed by atoms with Crippen molar-refractivity contribution in [3.05, 3.63) is 42.2 Å². The Kier molecular flexibility index (Phi) is 11.9. The number of rotatable bonds is 9. The number of pyridine rings is 1. The summed E-state index contributed by atoms with van der Waals surface area (Å²) in [4.78, 5) is 61.7. The lowest BCUT2D eigenvalue weighted by atomic mass is 9.88. The van der Waals surface area contributed by atoms with Gasteiger partial charge in [-0.3, -0.25) is 19.1 Å². The van der Waals surface area contributed by atoms with Gasteiger partial charge in [0.2, 0.25) is 39.2 Å². The largest absolute Gasteiger partial charge is 0.481 e. The molecule has 1 aromatic heterocycles. The lowest BCUT2D eigenvalue weighted by molar-refractivity contribution is -0.244. The molecule has 1 unspecified atom stereocenters. The van der Waals surface area contributed by atoms with Gasteiger partial charge in [0, 0.05) is 23.8 Å². The van der Waals surface area contributed by atoms with Crippen LogP contribution in [0.3, 0.4) is 0 Å². The van der Waals surface area contributed by atoms with Crippen LogP contribution in [0.25, 0.3) is 10.8 Å². The second kappa shape index (κ2) is 16.0. The second-order valence-corrected chi connectivity index (χ2v) is 18.8. The molecule has 1 aromatic carbocycles. The number of ether oxygens (including phenoxy) is 3. The molecule has 6 rings (SSSR count). The van der Waals surface area contributed by atoms with Crippen LogP contribution in [0.15, 0.2) is 36.4 Å². The maximum absolute atomic E-state index is 14.7. The summed E-state index contributed by atoms with van der Waals surface area (Å²) in [5.74, 6) is -4.87. The van der Waals surface area contributed by atoms with E-state index in [2.05, 4.69) is 15.6 Å². The van der Waals surface area contributed by atoms with Crippen molar-refractivity contribution in [3.63, 3.8) is 0 Å². The molecule has 20 heteroatoms. The minimum absolute atomic E-state index is 0.00869. The van der Waals surface area contributed by atoms with Crippen molar-refractivity contribution < 1.29 is 63.8 Å². The number of alkyl halides is 4. The van der Waals surface area contributed by atoms with Crippen molar-refractivity contribution in [2.24, 2.45) is 17.8 Å². The van der Waals surface area contributed by atoms with Crippen molar-refractivity contribution >= 4 is 44.6 Å². The Morgan fingerprint density at radius 2 is 1.81 bits per heavy atom. The molecule has 0 spiro atoms. The van der Waals surface area contributed by atoms with Gasteiger partial charge in [-0.25, -0.2) is 22.0 Å². The number of carbonyl (C=O) groups excluding carboxylic acids is 4. The average molecular weight is 858 g/mol. The molecule has 4 aliphatic rings. The van der Waals surface area contributed by atoms with Gasteiger partial charge in [0.05, 0.1) is 13.7 Å². The minimum Gasteiger partial charge on any atom is -0.481 e. The van der Waals surface area contributed by atoms with Crippen molar-refractivity contribution in [1.29, 1.82) is 0 Å². The van der Waals surface area contributed by atoms with Gasteiger partial charge in [0.25, 0.3) is 5.91 Å². The number of sulfonamides is 1. The van der Waals surface area contributed by atoms with Crippen LogP contribution in [0, 0.1) is 23.6 Å². The highest BCUT2D eigenvalue weighted by atomic mass is 32.2. The van der Waals surface area contributed by atoms with Gasteiger partial charge in [-0.05, 0) is 87.8 Å². The number of hydrogen-bond acceptors (Lipinski definition) is 10. The summed E-state index contributed by atoms with van der Waals surface area (Å²) in [6.07, 6.45) is -2.95. The van der Waals surface area contributed by atoms with E-state index in [1.807, 2.05) is 11.6 Å². The van der Waals surface area contributed by atoms with E-state index >= 15 is 0 Å². The molecule has 0 bridgehead atoms. The van der Waals surface area contributed by atoms with Crippen LogP contribution in [-0.2, 0) is 29.1 Å². The third kappa shape index (κ3) is 8.92. The van der Waals surface area contributed by atoms with Crippen LogP contribution in [0.2, 0.25) is 0 Å².